The fourth-order valence-corrected chi connectivity index (χ4v) is 1.33. The predicted molar refractivity (Wildman–Crippen MR) is 60.5 cm³/mol. The van der Waals surface area contributed by atoms with E-state index < -0.39 is 0 Å². The lowest BCUT2D eigenvalue weighted by atomic mass is 10.3. The molecule has 1 heterocycles. The standard InChI is InChI=1S/C11H19N3O/c1-13(2)7-5-6-10-8-12-11(9-15-4)14(10)3/h5,7-8H,6,9H2,1-4H3. The van der Waals surface area contributed by atoms with Crippen molar-refractivity contribution in [2.24, 2.45) is 7.05 Å². The maximum Gasteiger partial charge on any atom is 0.134 e. The minimum absolute atomic E-state index is 0.563. The van der Waals surface area contributed by atoms with Crippen molar-refractivity contribution >= 4 is 0 Å². The van der Waals surface area contributed by atoms with Crippen molar-refractivity contribution in [3.63, 3.8) is 0 Å². The largest absolute Gasteiger partial charge is 0.384 e. The fraction of sp³-hybridized carbons (Fsp3) is 0.545. The van der Waals surface area contributed by atoms with Crippen LogP contribution in [0.2, 0.25) is 0 Å². The van der Waals surface area contributed by atoms with Gasteiger partial charge in [-0.2, -0.15) is 0 Å². The van der Waals surface area contributed by atoms with E-state index in [0.717, 1.165) is 12.2 Å². The zero-order chi connectivity index (χ0) is 11.3. The minimum Gasteiger partial charge on any atom is -0.384 e. The van der Waals surface area contributed by atoms with Gasteiger partial charge in [0.05, 0.1) is 0 Å². The summed E-state index contributed by atoms with van der Waals surface area (Å²) in [5, 5.41) is 0. The van der Waals surface area contributed by atoms with E-state index in [9.17, 15) is 0 Å². The average molecular weight is 209 g/mol. The first-order valence-electron chi connectivity index (χ1n) is 4.96. The quantitative estimate of drug-likeness (QED) is 0.729. The van der Waals surface area contributed by atoms with Gasteiger partial charge in [0.1, 0.15) is 12.4 Å². The molecule has 15 heavy (non-hydrogen) atoms. The number of allylic oxidation sites excluding steroid dienone is 1. The topological polar surface area (TPSA) is 30.3 Å². The highest BCUT2D eigenvalue weighted by Crippen LogP contribution is 2.05. The SMILES string of the molecule is COCc1ncc(CC=CN(C)C)n1C. The van der Waals surface area contributed by atoms with Crippen molar-refractivity contribution < 1.29 is 4.74 Å². The van der Waals surface area contributed by atoms with Crippen LogP contribution in [0.4, 0.5) is 0 Å². The van der Waals surface area contributed by atoms with Gasteiger partial charge in [0.2, 0.25) is 0 Å². The van der Waals surface area contributed by atoms with Crippen LogP contribution in [0.25, 0.3) is 0 Å². The van der Waals surface area contributed by atoms with Crippen molar-refractivity contribution in [2.45, 2.75) is 13.0 Å². The molecule has 0 aliphatic rings. The molecule has 0 atom stereocenters. The molecule has 0 amide bonds. The van der Waals surface area contributed by atoms with Crippen LogP contribution in [-0.4, -0.2) is 35.7 Å². The first kappa shape index (κ1) is 11.8. The van der Waals surface area contributed by atoms with Gasteiger partial charge in [-0.15, -0.1) is 0 Å². The zero-order valence-electron chi connectivity index (χ0n) is 9.90. The molecule has 0 unspecified atom stereocenters. The molecule has 0 aromatic carbocycles. The first-order chi connectivity index (χ1) is 7.15. The van der Waals surface area contributed by atoms with E-state index in [0.29, 0.717) is 6.61 Å². The summed E-state index contributed by atoms with van der Waals surface area (Å²) in [5.41, 5.74) is 1.19. The van der Waals surface area contributed by atoms with Crippen molar-refractivity contribution in [2.75, 3.05) is 21.2 Å². The molecule has 0 saturated heterocycles. The lowest BCUT2D eigenvalue weighted by Crippen LogP contribution is -2.03. The summed E-state index contributed by atoms with van der Waals surface area (Å²) in [7, 11) is 7.71. The predicted octanol–water partition coefficient (Wildman–Crippen LogP) is 1.18. The van der Waals surface area contributed by atoms with Gasteiger partial charge in [-0.1, -0.05) is 6.08 Å². The van der Waals surface area contributed by atoms with Crippen LogP contribution in [-0.2, 0) is 24.8 Å². The number of nitrogens with zero attached hydrogens (tertiary/aromatic N) is 3. The van der Waals surface area contributed by atoms with E-state index in [-0.39, 0.29) is 0 Å². The van der Waals surface area contributed by atoms with Crippen molar-refractivity contribution in [1.82, 2.24) is 14.5 Å². The highest BCUT2D eigenvalue weighted by Gasteiger charge is 2.03. The molecule has 0 aliphatic carbocycles. The van der Waals surface area contributed by atoms with Gasteiger partial charge < -0.3 is 14.2 Å². The molecule has 0 spiro atoms. The second-order valence-corrected chi connectivity index (χ2v) is 3.71. The number of imidazole rings is 1. The molecule has 0 N–H and O–H groups in total. The van der Waals surface area contributed by atoms with Crippen LogP contribution in [0.15, 0.2) is 18.5 Å². The summed E-state index contributed by atoms with van der Waals surface area (Å²) in [6.07, 6.45) is 6.95. The van der Waals surface area contributed by atoms with Crippen LogP contribution >= 0.6 is 0 Å². The normalized spacial score (nSPS) is 11.2. The van der Waals surface area contributed by atoms with E-state index in [1.807, 2.05) is 38.4 Å². The summed E-state index contributed by atoms with van der Waals surface area (Å²) >= 11 is 0. The smallest absolute Gasteiger partial charge is 0.134 e. The van der Waals surface area contributed by atoms with E-state index in [1.165, 1.54) is 5.69 Å². The third kappa shape index (κ3) is 3.40. The van der Waals surface area contributed by atoms with Gasteiger partial charge in [0.15, 0.2) is 0 Å². The summed E-state index contributed by atoms with van der Waals surface area (Å²) in [4.78, 5) is 6.31. The summed E-state index contributed by atoms with van der Waals surface area (Å²) < 4.78 is 7.13. The molecule has 0 fully saturated rings. The lowest BCUT2D eigenvalue weighted by Gasteiger charge is -2.05. The number of methoxy groups -OCH3 is 1. The Kier molecular flexibility index (Phi) is 4.37. The second kappa shape index (κ2) is 5.56. The summed E-state index contributed by atoms with van der Waals surface area (Å²) in [5.74, 6) is 0.964. The van der Waals surface area contributed by atoms with Gasteiger partial charge >= 0.3 is 0 Å². The molecule has 84 valence electrons. The van der Waals surface area contributed by atoms with E-state index >= 15 is 0 Å². The molecular formula is C11H19N3O. The molecule has 4 nitrogen and oxygen atoms in total. The Morgan fingerprint density at radius 2 is 2.27 bits per heavy atom. The number of hydrogen-bond donors (Lipinski definition) is 0. The van der Waals surface area contributed by atoms with Crippen LogP contribution in [0.3, 0.4) is 0 Å². The fourth-order valence-electron chi connectivity index (χ4n) is 1.33. The highest BCUT2D eigenvalue weighted by atomic mass is 16.5. The molecule has 0 saturated carbocycles. The molecule has 0 aliphatic heterocycles. The van der Waals surface area contributed by atoms with Gasteiger partial charge in [0, 0.05) is 46.6 Å². The minimum atomic E-state index is 0.563. The van der Waals surface area contributed by atoms with E-state index in [2.05, 4.69) is 15.6 Å². The number of aromatic nitrogens is 2. The molecular weight excluding hydrogens is 190 g/mol. The van der Waals surface area contributed by atoms with E-state index in [1.54, 1.807) is 7.11 Å². The van der Waals surface area contributed by atoms with Crippen molar-refractivity contribution in [3.8, 4) is 0 Å². The van der Waals surface area contributed by atoms with Crippen molar-refractivity contribution in [3.05, 3.63) is 30.0 Å². The lowest BCUT2D eigenvalue weighted by molar-refractivity contribution is 0.175. The molecule has 4 heteroatoms. The average Bonchev–Trinajstić information content (AvgIpc) is 2.50. The number of ether oxygens (including phenoxy) is 1. The van der Waals surface area contributed by atoms with Crippen molar-refractivity contribution in [1.29, 1.82) is 0 Å². The second-order valence-electron chi connectivity index (χ2n) is 3.71. The molecule has 1 aromatic rings. The molecule has 1 rings (SSSR count). The third-order valence-electron chi connectivity index (χ3n) is 2.18. The van der Waals surface area contributed by atoms with Crippen LogP contribution in [0.1, 0.15) is 11.5 Å². The van der Waals surface area contributed by atoms with E-state index in [4.69, 9.17) is 4.74 Å². The molecule has 0 radical (unpaired) electrons. The maximum absolute atomic E-state index is 5.06. The number of hydrogen-bond acceptors (Lipinski definition) is 3. The zero-order valence-corrected chi connectivity index (χ0v) is 9.90. The van der Waals surface area contributed by atoms with Gasteiger partial charge in [0.25, 0.3) is 0 Å². The Morgan fingerprint density at radius 3 is 2.87 bits per heavy atom. The van der Waals surface area contributed by atoms with Crippen LogP contribution in [0, 0.1) is 0 Å². The van der Waals surface area contributed by atoms with Crippen LogP contribution in [0.5, 0.6) is 0 Å². The molecule has 1 aromatic heterocycles. The molecule has 0 bridgehead atoms. The summed E-state index contributed by atoms with van der Waals surface area (Å²) in [6, 6.07) is 0. The van der Waals surface area contributed by atoms with Gasteiger partial charge in [-0.05, 0) is 6.20 Å². The maximum atomic E-state index is 5.06. The van der Waals surface area contributed by atoms with Gasteiger partial charge in [-0.3, -0.25) is 0 Å². The monoisotopic (exact) mass is 209 g/mol. The Morgan fingerprint density at radius 1 is 1.53 bits per heavy atom. The summed E-state index contributed by atoms with van der Waals surface area (Å²) in [6.45, 7) is 0.563. The van der Waals surface area contributed by atoms with Gasteiger partial charge in [-0.25, -0.2) is 4.98 Å². The third-order valence-corrected chi connectivity index (χ3v) is 2.18. The Labute approximate surface area is 91.2 Å². The Bertz CT molecular complexity index is 329. The number of rotatable bonds is 5. The Balaban J connectivity index is 2.62. The Hall–Kier alpha value is -1.29. The highest BCUT2D eigenvalue weighted by molar-refractivity contribution is 5.08. The first-order valence-corrected chi connectivity index (χ1v) is 4.96. The van der Waals surface area contributed by atoms with Crippen LogP contribution < -0.4 is 0 Å².